The first-order chi connectivity index (χ1) is 28.0. The third-order valence-corrected chi connectivity index (χ3v) is 11.6. The molecular formula is C53H52N4O. The van der Waals surface area contributed by atoms with Gasteiger partial charge in [0.05, 0.1) is 22.7 Å². The molecule has 0 radical (unpaired) electrons. The maximum absolute atomic E-state index is 6.85. The zero-order valence-corrected chi connectivity index (χ0v) is 34.9. The Bertz CT molecular complexity index is 2640. The van der Waals surface area contributed by atoms with Crippen LogP contribution in [0.5, 0.6) is 11.5 Å². The first-order valence-electron chi connectivity index (χ1n) is 20.6. The van der Waals surface area contributed by atoms with Crippen LogP contribution in [0.1, 0.15) is 82.6 Å². The number of hydrogen-bond acceptors (Lipinski definition) is 5. The summed E-state index contributed by atoms with van der Waals surface area (Å²) in [4.78, 5) is 12.2. The van der Waals surface area contributed by atoms with E-state index in [2.05, 4.69) is 210 Å². The number of para-hydroxylation sites is 3. The Labute approximate surface area is 344 Å². The van der Waals surface area contributed by atoms with E-state index in [1.54, 1.807) is 0 Å². The molecule has 2 aliphatic heterocycles. The Morgan fingerprint density at radius 1 is 0.552 bits per heavy atom. The van der Waals surface area contributed by atoms with E-state index in [4.69, 9.17) is 9.72 Å². The van der Waals surface area contributed by atoms with Crippen LogP contribution in [0.4, 0.5) is 39.9 Å². The molecule has 0 fully saturated rings. The highest BCUT2D eigenvalue weighted by Gasteiger charge is 2.32. The van der Waals surface area contributed by atoms with Crippen LogP contribution in [0.25, 0.3) is 22.3 Å². The highest BCUT2D eigenvalue weighted by molar-refractivity contribution is 6.02. The van der Waals surface area contributed by atoms with Gasteiger partial charge in [-0.05, 0) is 107 Å². The van der Waals surface area contributed by atoms with Crippen molar-refractivity contribution >= 4 is 39.9 Å². The maximum atomic E-state index is 6.85. The Morgan fingerprint density at radius 2 is 1.14 bits per heavy atom. The minimum Gasteiger partial charge on any atom is -0.457 e. The predicted molar refractivity (Wildman–Crippen MR) is 244 cm³/mol. The fourth-order valence-corrected chi connectivity index (χ4v) is 8.73. The zero-order valence-electron chi connectivity index (χ0n) is 34.9. The Balaban J connectivity index is 1.12. The molecule has 0 spiro atoms. The summed E-state index contributed by atoms with van der Waals surface area (Å²) in [6.07, 6.45) is 1.94. The van der Waals surface area contributed by atoms with Crippen LogP contribution < -0.4 is 19.4 Å². The van der Waals surface area contributed by atoms with Crippen molar-refractivity contribution in [3.8, 4) is 33.8 Å². The van der Waals surface area contributed by atoms with E-state index in [1.165, 1.54) is 56.0 Å². The topological polar surface area (TPSA) is 31.8 Å². The van der Waals surface area contributed by atoms with Gasteiger partial charge >= 0.3 is 0 Å². The number of anilines is 7. The predicted octanol–water partition coefficient (Wildman–Crippen LogP) is 15.1. The fraction of sp³-hybridized carbons (Fsp3) is 0.226. The third-order valence-electron chi connectivity index (χ3n) is 11.6. The standard InChI is InChI=1S/C53H52N4O/c1-34(2)45-28-36(5)29-46(35(3)4)52(45)56-33-55(48-22-13-14-23-49(48)56)38-16-15-17-39(31-38)58-40-24-25-44-42-19-10-9-18-41(42)43-20-11-12-21-47(43)57(50(44)32-40)51-30-37(26-27-54-51)53(6,7)8/h9-32,34-35H,33H2,1-8H3. The number of fused-ring (bicyclic) bond motifs is 6. The van der Waals surface area contributed by atoms with Gasteiger partial charge in [0, 0.05) is 40.8 Å². The molecule has 0 atom stereocenters. The summed E-state index contributed by atoms with van der Waals surface area (Å²) in [5.41, 5.74) is 16.9. The molecule has 0 N–H and O–H groups in total. The van der Waals surface area contributed by atoms with Crippen molar-refractivity contribution < 1.29 is 4.74 Å². The molecule has 0 amide bonds. The van der Waals surface area contributed by atoms with Crippen LogP contribution in [0.15, 0.2) is 146 Å². The van der Waals surface area contributed by atoms with Crippen molar-refractivity contribution in [2.45, 2.75) is 72.6 Å². The molecule has 9 rings (SSSR count). The number of benzene rings is 6. The van der Waals surface area contributed by atoms with Gasteiger partial charge in [-0.3, -0.25) is 4.90 Å². The van der Waals surface area contributed by atoms with Gasteiger partial charge in [-0.2, -0.15) is 0 Å². The maximum Gasteiger partial charge on any atom is 0.137 e. The SMILES string of the molecule is Cc1cc(C(C)C)c(N2CN(c3cccc(Oc4ccc5c(c4)N(c4cc(C(C)(C)C)ccn4)c4ccccc4-c4ccccc4-5)c3)c3ccccc32)c(C(C)C)c1. The van der Waals surface area contributed by atoms with Gasteiger partial charge in [0.15, 0.2) is 0 Å². The molecular weight excluding hydrogens is 709 g/mol. The minimum atomic E-state index is -0.0364. The van der Waals surface area contributed by atoms with Crippen molar-refractivity contribution in [2.75, 3.05) is 21.4 Å². The fourth-order valence-electron chi connectivity index (χ4n) is 8.73. The van der Waals surface area contributed by atoms with Gasteiger partial charge < -0.3 is 14.5 Å². The summed E-state index contributed by atoms with van der Waals surface area (Å²) in [6.45, 7) is 18.9. The number of nitrogens with zero attached hydrogens (tertiary/aromatic N) is 4. The van der Waals surface area contributed by atoms with Crippen LogP contribution in [0.3, 0.4) is 0 Å². The van der Waals surface area contributed by atoms with Crippen LogP contribution >= 0.6 is 0 Å². The van der Waals surface area contributed by atoms with Crippen LogP contribution in [0, 0.1) is 6.92 Å². The van der Waals surface area contributed by atoms with E-state index in [0.717, 1.165) is 39.9 Å². The molecule has 6 aromatic carbocycles. The van der Waals surface area contributed by atoms with Gasteiger partial charge in [-0.15, -0.1) is 0 Å². The highest BCUT2D eigenvalue weighted by atomic mass is 16.5. The second kappa shape index (κ2) is 14.6. The van der Waals surface area contributed by atoms with E-state index in [9.17, 15) is 0 Å². The van der Waals surface area contributed by atoms with Gasteiger partial charge in [0.1, 0.15) is 24.0 Å². The zero-order chi connectivity index (χ0) is 40.3. The van der Waals surface area contributed by atoms with Gasteiger partial charge in [-0.1, -0.05) is 127 Å². The summed E-state index contributed by atoms with van der Waals surface area (Å²) in [5, 5.41) is 0. The third kappa shape index (κ3) is 6.58. The van der Waals surface area contributed by atoms with Gasteiger partial charge in [0.25, 0.3) is 0 Å². The van der Waals surface area contributed by atoms with E-state index in [1.807, 2.05) is 6.20 Å². The minimum absolute atomic E-state index is 0.0364. The number of ether oxygens (including phenoxy) is 1. The van der Waals surface area contributed by atoms with Crippen LogP contribution in [0.2, 0.25) is 0 Å². The summed E-state index contributed by atoms with van der Waals surface area (Å²) in [5.74, 6) is 3.20. The lowest BCUT2D eigenvalue weighted by Crippen LogP contribution is -2.26. The lowest BCUT2D eigenvalue weighted by molar-refractivity contribution is 0.483. The number of pyridine rings is 1. The molecule has 1 aromatic heterocycles. The average molecular weight is 761 g/mol. The highest BCUT2D eigenvalue weighted by Crippen LogP contribution is 2.52. The van der Waals surface area contributed by atoms with Crippen LogP contribution in [-0.2, 0) is 5.41 Å². The van der Waals surface area contributed by atoms with Crippen LogP contribution in [-0.4, -0.2) is 11.7 Å². The number of aromatic nitrogens is 1. The first kappa shape index (κ1) is 37.3. The smallest absolute Gasteiger partial charge is 0.137 e. The Kier molecular flexibility index (Phi) is 9.35. The molecule has 58 heavy (non-hydrogen) atoms. The summed E-state index contributed by atoms with van der Waals surface area (Å²) < 4.78 is 6.85. The molecule has 290 valence electrons. The first-order valence-corrected chi connectivity index (χ1v) is 20.6. The number of hydrogen-bond donors (Lipinski definition) is 0. The molecule has 3 heterocycles. The summed E-state index contributed by atoms with van der Waals surface area (Å²) in [6, 6.07) is 50.2. The molecule has 0 saturated carbocycles. The summed E-state index contributed by atoms with van der Waals surface area (Å²) >= 11 is 0. The van der Waals surface area contributed by atoms with Gasteiger partial charge in [-0.25, -0.2) is 4.98 Å². The Hall–Kier alpha value is -6.33. The monoisotopic (exact) mass is 760 g/mol. The van der Waals surface area contributed by atoms with Crippen molar-refractivity contribution in [1.82, 2.24) is 4.98 Å². The molecule has 0 unspecified atom stereocenters. The van der Waals surface area contributed by atoms with E-state index >= 15 is 0 Å². The van der Waals surface area contributed by atoms with Gasteiger partial charge in [0.2, 0.25) is 0 Å². The van der Waals surface area contributed by atoms with E-state index in [-0.39, 0.29) is 5.41 Å². The largest absolute Gasteiger partial charge is 0.457 e. The molecule has 2 aliphatic rings. The second-order valence-corrected chi connectivity index (χ2v) is 17.4. The van der Waals surface area contributed by atoms with E-state index in [0.29, 0.717) is 18.5 Å². The van der Waals surface area contributed by atoms with Crippen molar-refractivity contribution in [2.24, 2.45) is 0 Å². The number of rotatable bonds is 7. The lowest BCUT2D eigenvalue weighted by atomic mass is 9.87. The molecule has 0 saturated heterocycles. The van der Waals surface area contributed by atoms with E-state index < -0.39 is 0 Å². The molecule has 0 aliphatic carbocycles. The molecule has 5 nitrogen and oxygen atoms in total. The quantitative estimate of drug-likeness (QED) is 0.161. The lowest BCUT2D eigenvalue weighted by Gasteiger charge is -2.30. The van der Waals surface area contributed by atoms with Crippen molar-refractivity contribution in [3.63, 3.8) is 0 Å². The molecule has 5 heteroatoms. The second-order valence-electron chi connectivity index (χ2n) is 17.4. The Morgan fingerprint density at radius 3 is 1.79 bits per heavy atom. The number of aryl methyl sites for hydroxylation is 1. The molecule has 0 bridgehead atoms. The van der Waals surface area contributed by atoms with Crippen molar-refractivity contribution in [3.05, 3.63) is 168 Å². The normalized spacial score (nSPS) is 13.3. The average Bonchev–Trinajstić information content (AvgIpc) is 3.55. The molecule has 7 aromatic rings. The van der Waals surface area contributed by atoms with Crippen molar-refractivity contribution in [1.29, 1.82) is 0 Å². The summed E-state index contributed by atoms with van der Waals surface area (Å²) in [7, 11) is 0.